The highest BCUT2D eigenvalue weighted by Crippen LogP contribution is 2.42. The maximum absolute atomic E-state index is 12.5. The van der Waals surface area contributed by atoms with Crippen molar-refractivity contribution in [3.63, 3.8) is 0 Å². The third kappa shape index (κ3) is 2.87. The molecule has 1 N–H and O–H groups in total. The molecule has 7 heteroatoms. The highest BCUT2D eigenvalue weighted by Gasteiger charge is 2.29. The Morgan fingerprint density at radius 3 is 1.71 bits per heavy atom. The maximum atomic E-state index is 12.5. The van der Waals surface area contributed by atoms with Crippen molar-refractivity contribution in [2.24, 2.45) is 0 Å². The summed E-state index contributed by atoms with van der Waals surface area (Å²) in [5.41, 5.74) is -0.490. The fourth-order valence-corrected chi connectivity index (χ4v) is 2.80. The topological polar surface area (TPSA) is 54.4 Å². The van der Waals surface area contributed by atoms with Crippen molar-refractivity contribution in [1.82, 2.24) is 0 Å². The molecule has 2 rings (SSSR count). The fraction of sp³-hybridized carbons (Fsp3) is 0. The van der Waals surface area contributed by atoms with Gasteiger partial charge in [-0.1, -0.05) is 76.7 Å². The van der Waals surface area contributed by atoms with Crippen molar-refractivity contribution in [2.45, 2.75) is 0 Å². The molecule has 0 aliphatic carbocycles. The molecule has 3 nitrogen and oxygen atoms in total. The van der Waals surface area contributed by atoms with Crippen LogP contribution in [0.3, 0.4) is 0 Å². The van der Waals surface area contributed by atoms with Gasteiger partial charge in [-0.05, 0) is 0 Å². The molecule has 108 valence electrons. The van der Waals surface area contributed by atoms with Gasteiger partial charge in [0.15, 0.2) is 5.78 Å². The van der Waals surface area contributed by atoms with Gasteiger partial charge in [0.1, 0.15) is 0 Å². The van der Waals surface area contributed by atoms with Crippen LogP contribution in [-0.2, 0) is 0 Å². The first-order chi connectivity index (χ1) is 9.86. The number of ketones is 1. The second kappa shape index (κ2) is 6.24. The van der Waals surface area contributed by atoms with Crippen LogP contribution in [0.25, 0.3) is 0 Å². The maximum Gasteiger partial charge on any atom is 0.338 e. The molecule has 0 atom stereocenters. The summed E-state index contributed by atoms with van der Waals surface area (Å²) in [5.74, 6) is -2.02. The highest BCUT2D eigenvalue weighted by molar-refractivity contribution is 6.54. The lowest BCUT2D eigenvalue weighted by atomic mass is 9.98. The molecule has 0 amide bonds. The Morgan fingerprint density at radius 2 is 1.24 bits per heavy atom. The molecule has 0 saturated carbocycles. The lowest BCUT2D eigenvalue weighted by Gasteiger charge is -2.13. The van der Waals surface area contributed by atoms with Gasteiger partial charge in [0.2, 0.25) is 0 Å². The van der Waals surface area contributed by atoms with Crippen LogP contribution in [0.1, 0.15) is 26.3 Å². The molecule has 0 spiro atoms. The van der Waals surface area contributed by atoms with Crippen LogP contribution in [0.4, 0.5) is 0 Å². The molecule has 0 aromatic heterocycles. The molecule has 2 aromatic rings. The van der Waals surface area contributed by atoms with Crippen molar-refractivity contribution < 1.29 is 14.7 Å². The Morgan fingerprint density at radius 1 is 0.762 bits per heavy atom. The van der Waals surface area contributed by atoms with Crippen LogP contribution >= 0.6 is 46.4 Å². The molecule has 2 aromatic carbocycles. The number of benzene rings is 2. The van der Waals surface area contributed by atoms with E-state index in [0.29, 0.717) is 0 Å². The minimum absolute atomic E-state index is 0.160. The van der Waals surface area contributed by atoms with Gasteiger partial charge in [0.25, 0.3) is 0 Å². The van der Waals surface area contributed by atoms with Crippen LogP contribution in [-0.4, -0.2) is 16.9 Å². The zero-order valence-corrected chi connectivity index (χ0v) is 13.2. The number of carboxylic acid groups (broad SMARTS) is 1. The van der Waals surface area contributed by atoms with Crippen molar-refractivity contribution in [1.29, 1.82) is 0 Å². The molecule has 0 aliphatic rings. The first-order valence-corrected chi connectivity index (χ1v) is 7.06. The van der Waals surface area contributed by atoms with Gasteiger partial charge in [0, 0.05) is 5.56 Å². The fourth-order valence-electron chi connectivity index (χ4n) is 1.78. The number of carbonyl (C=O) groups excluding carboxylic acids is 1. The van der Waals surface area contributed by atoms with Crippen LogP contribution in [0, 0.1) is 0 Å². The third-order valence-electron chi connectivity index (χ3n) is 2.74. The van der Waals surface area contributed by atoms with Gasteiger partial charge in [-0.2, -0.15) is 0 Å². The molecule has 0 fully saturated rings. The Hall–Kier alpha value is -1.26. The SMILES string of the molecule is O=C(O)c1c(Cl)c(Cl)c(Cl)c(Cl)c1C(=O)c1ccccc1. The zero-order valence-electron chi connectivity index (χ0n) is 10.2. The van der Waals surface area contributed by atoms with Crippen LogP contribution in [0.15, 0.2) is 30.3 Å². The van der Waals surface area contributed by atoms with Crippen LogP contribution < -0.4 is 0 Å². The monoisotopic (exact) mass is 362 g/mol. The summed E-state index contributed by atoms with van der Waals surface area (Å²) in [5, 5.41) is 8.36. The van der Waals surface area contributed by atoms with Crippen molar-refractivity contribution in [3.05, 3.63) is 67.1 Å². The predicted molar refractivity (Wildman–Crippen MR) is 83.3 cm³/mol. The van der Waals surface area contributed by atoms with E-state index in [4.69, 9.17) is 46.4 Å². The molecule has 0 radical (unpaired) electrons. The first-order valence-electron chi connectivity index (χ1n) is 5.55. The summed E-state index contributed by atoms with van der Waals surface area (Å²) in [7, 11) is 0. The minimum Gasteiger partial charge on any atom is -0.478 e. The Labute approximate surface area is 140 Å². The zero-order chi connectivity index (χ0) is 15.7. The Bertz CT molecular complexity index is 742. The van der Waals surface area contributed by atoms with E-state index in [-0.39, 0.29) is 31.2 Å². The smallest absolute Gasteiger partial charge is 0.338 e. The normalized spacial score (nSPS) is 10.5. The summed E-state index contributed by atoms with van der Waals surface area (Å²) in [6, 6.07) is 8.06. The number of hydrogen-bond donors (Lipinski definition) is 1. The molecule has 0 unspecified atom stereocenters. The number of carbonyl (C=O) groups is 2. The van der Waals surface area contributed by atoms with Gasteiger partial charge in [0.05, 0.1) is 31.2 Å². The van der Waals surface area contributed by atoms with Crippen molar-refractivity contribution >= 4 is 58.2 Å². The van der Waals surface area contributed by atoms with E-state index in [1.54, 1.807) is 18.2 Å². The highest BCUT2D eigenvalue weighted by atomic mass is 35.5. The van der Waals surface area contributed by atoms with E-state index in [9.17, 15) is 14.7 Å². The second-order valence-corrected chi connectivity index (χ2v) is 5.52. The van der Waals surface area contributed by atoms with E-state index in [1.807, 2.05) is 0 Å². The molecule has 0 saturated heterocycles. The number of carboxylic acids is 1. The van der Waals surface area contributed by atoms with E-state index >= 15 is 0 Å². The van der Waals surface area contributed by atoms with Gasteiger partial charge in [-0.25, -0.2) is 4.79 Å². The predicted octanol–water partition coefficient (Wildman–Crippen LogP) is 5.23. The van der Waals surface area contributed by atoms with E-state index in [0.717, 1.165) is 0 Å². The van der Waals surface area contributed by atoms with Gasteiger partial charge < -0.3 is 5.11 Å². The third-order valence-corrected chi connectivity index (χ3v) is 4.55. The molecular formula is C14H6Cl4O3. The Balaban J connectivity index is 2.80. The first kappa shape index (κ1) is 16.1. The van der Waals surface area contributed by atoms with Gasteiger partial charge >= 0.3 is 5.97 Å². The largest absolute Gasteiger partial charge is 0.478 e. The van der Waals surface area contributed by atoms with Gasteiger partial charge in [-0.15, -0.1) is 0 Å². The summed E-state index contributed by atoms with van der Waals surface area (Å²) >= 11 is 23.6. The second-order valence-electron chi connectivity index (χ2n) is 4.01. The summed E-state index contributed by atoms with van der Waals surface area (Å²) in [6.07, 6.45) is 0. The number of aromatic carboxylic acids is 1. The Kier molecular flexibility index (Phi) is 4.79. The number of hydrogen-bond acceptors (Lipinski definition) is 2. The molecule has 0 bridgehead atoms. The van der Waals surface area contributed by atoms with E-state index < -0.39 is 17.3 Å². The summed E-state index contributed by atoms with van der Waals surface area (Å²) < 4.78 is 0. The molecule has 0 aliphatic heterocycles. The molecular weight excluding hydrogens is 358 g/mol. The average molecular weight is 364 g/mol. The summed E-state index contributed by atoms with van der Waals surface area (Å²) in [4.78, 5) is 23.9. The molecule has 21 heavy (non-hydrogen) atoms. The van der Waals surface area contributed by atoms with Crippen LogP contribution in [0.2, 0.25) is 20.1 Å². The lowest BCUT2D eigenvalue weighted by molar-refractivity contribution is 0.0693. The number of rotatable bonds is 3. The summed E-state index contributed by atoms with van der Waals surface area (Å²) in [6.45, 7) is 0. The number of halogens is 4. The van der Waals surface area contributed by atoms with Crippen molar-refractivity contribution in [2.75, 3.05) is 0 Å². The minimum atomic E-state index is -1.42. The lowest BCUT2D eigenvalue weighted by Crippen LogP contribution is -2.12. The van der Waals surface area contributed by atoms with Gasteiger partial charge in [-0.3, -0.25) is 4.79 Å². The van der Waals surface area contributed by atoms with E-state index in [1.165, 1.54) is 12.1 Å². The van der Waals surface area contributed by atoms with Crippen LogP contribution in [0.5, 0.6) is 0 Å². The van der Waals surface area contributed by atoms with Crippen molar-refractivity contribution in [3.8, 4) is 0 Å². The quantitative estimate of drug-likeness (QED) is 0.461. The molecule has 0 heterocycles. The van der Waals surface area contributed by atoms with E-state index in [2.05, 4.69) is 0 Å². The average Bonchev–Trinajstić information content (AvgIpc) is 2.48. The standard InChI is InChI=1S/C14H6Cl4O3/c15-9-7(13(19)6-4-2-1-3-5-6)8(14(20)21)10(16)12(18)11(9)17/h1-5H,(H,20,21).